The van der Waals surface area contributed by atoms with Crippen LogP contribution in [0.25, 0.3) is 0 Å². The first kappa shape index (κ1) is 16.6. The molecule has 0 unspecified atom stereocenters. The number of hydrogen-bond acceptors (Lipinski definition) is 6. The Morgan fingerprint density at radius 1 is 1.24 bits per heavy atom. The number of amides is 2. The molecule has 0 atom stereocenters. The number of carbonyl (C=O) groups is 3. The molecule has 116 valence electrons. The summed E-state index contributed by atoms with van der Waals surface area (Å²) >= 11 is 0. The molecule has 1 rings (SSSR count). The van der Waals surface area contributed by atoms with E-state index >= 15 is 0 Å². The van der Waals surface area contributed by atoms with Crippen molar-refractivity contribution in [1.82, 2.24) is 25.8 Å². The van der Waals surface area contributed by atoms with Crippen LogP contribution in [0.4, 0.5) is 0 Å². The van der Waals surface area contributed by atoms with Crippen molar-refractivity contribution in [3.63, 3.8) is 0 Å². The Balaban J connectivity index is 2.84. The maximum absolute atomic E-state index is 11.8. The Labute approximate surface area is 122 Å². The fourth-order valence-electron chi connectivity index (χ4n) is 1.64. The van der Waals surface area contributed by atoms with Gasteiger partial charge < -0.3 is 4.74 Å². The van der Waals surface area contributed by atoms with Crippen LogP contribution < -0.4 is 10.9 Å². The molecule has 0 aromatic carbocycles. The molecule has 1 heterocycles. The lowest BCUT2D eigenvalue weighted by atomic mass is 10.2. The molecule has 0 aliphatic heterocycles. The van der Waals surface area contributed by atoms with Gasteiger partial charge in [0.2, 0.25) is 5.91 Å². The molecule has 0 bridgehead atoms. The zero-order chi connectivity index (χ0) is 15.8. The second-order valence-electron chi connectivity index (χ2n) is 4.24. The van der Waals surface area contributed by atoms with Crippen LogP contribution in [0, 0.1) is 0 Å². The van der Waals surface area contributed by atoms with Crippen LogP contribution in [0.5, 0.6) is 0 Å². The van der Waals surface area contributed by atoms with Crippen LogP contribution in [0.2, 0.25) is 0 Å². The fourth-order valence-corrected chi connectivity index (χ4v) is 1.64. The third-order valence-electron chi connectivity index (χ3n) is 2.46. The zero-order valence-electron chi connectivity index (χ0n) is 12.3. The second kappa shape index (κ2) is 7.98. The van der Waals surface area contributed by atoms with Gasteiger partial charge in [0.25, 0.3) is 5.91 Å². The summed E-state index contributed by atoms with van der Waals surface area (Å²) < 4.78 is 6.23. The van der Waals surface area contributed by atoms with Gasteiger partial charge in [0, 0.05) is 6.92 Å². The molecule has 2 amide bonds. The maximum atomic E-state index is 11.8. The van der Waals surface area contributed by atoms with Gasteiger partial charge in [-0.1, -0.05) is 18.6 Å². The number of hydrazine groups is 1. The molecule has 0 fully saturated rings. The average molecular weight is 297 g/mol. The molecule has 0 radical (unpaired) electrons. The third kappa shape index (κ3) is 4.86. The van der Waals surface area contributed by atoms with Crippen molar-refractivity contribution in [3.8, 4) is 0 Å². The number of carbonyl (C=O) groups excluding carboxylic acids is 3. The highest BCUT2D eigenvalue weighted by atomic mass is 16.5. The number of hydrogen-bond donors (Lipinski definition) is 2. The number of esters is 1. The maximum Gasteiger partial charge on any atom is 0.360 e. The Morgan fingerprint density at radius 2 is 1.95 bits per heavy atom. The monoisotopic (exact) mass is 297 g/mol. The predicted molar refractivity (Wildman–Crippen MR) is 71.9 cm³/mol. The van der Waals surface area contributed by atoms with Crippen LogP contribution >= 0.6 is 0 Å². The summed E-state index contributed by atoms with van der Waals surface area (Å²) in [6, 6.07) is 0. The average Bonchev–Trinajstić information content (AvgIpc) is 2.80. The van der Waals surface area contributed by atoms with Gasteiger partial charge in [0.05, 0.1) is 12.3 Å². The summed E-state index contributed by atoms with van der Waals surface area (Å²) in [7, 11) is 0. The molecular formula is C12H19N5O4. The van der Waals surface area contributed by atoms with E-state index in [1.807, 2.05) is 6.92 Å². The highest BCUT2D eigenvalue weighted by molar-refractivity contribution is 5.88. The third-order valence-corrected chi connectivity index (χ3v) is 2.46. The van der Waals surface area contributed by atoms with Crippen LogP contribution in [0.3, 0.4) is 0 Å². The summed E-state index contributed by atoms with van der Waals surface area (Å²) in [6.07, 6.45) is 1.29. The van der Waals surface area contributed by atoms with Gasteiger partial charge in [-0.05, 0) is 13.3 Å². The van der Waals surface area contributed by atoms with E-state index in [1.54, 1.807) is 6.92 Å². The van der Waals surface area contributed by atoms with Crippen LogP contribution in [-0.4, -0.2) is 39.4 Å². The molecule has 0 saturated heterocycles. The van der Waals surface area contributed by atoms with E-state index in [9.17, 15) is 14.4 Å². The molecule has 9 heteroatoms. The minimum atomic E-state index is -0.561. The van der Waals surface area contributed by atoms with Gasteiger partial charge in [0.15, 0.2) is 5.69 Å². The summed E-state index contributed by atoms with van der Waals surface area (Å²) in [6.45, 7) is 4.99. The molecule has 2 N–H and O–H groups in total. The number of ether oxygens (including phenoxy) is 1. The standard InChI is InChI=1S/C12H19N5O4/c1-4-6-9-11(12(20)21-5-2)15-16-17(9)7-10(19)14-13-8(3)18/h4-7H2,1-3H3,(H,13,18)(H,14,19). The normalized spacial score (nSPS) is 10.0. The Morgan fingerprint density at radius 3 is 2.52 bits per heavy atom. The highest BCUT2D eigenvalue weighted by Crippen LogP contribution is 2.10. The van der Waals surface area contributed by atoms with Crippen LogP contribution in [0.15, 0.2) is 0 Å². The first-order chi connectivity index (χ1) is 9.99. The van der Waals surface area contributed by atoms with Crippen LogP contribution in [-0.2, 0) is 27.3 Å². The van der Waals surface area contributed by atoms with E-state index in [4.69, 9.17) is 4.74 Å². The van der Waals surface area contributed by atoms with Gasteiger partial charge in [-0.3, -0.25) is 20.4 Å². The highest BCUT2D eigenvalue weighted by Gasteiger charge is 2.21. The van der Waals surface area contributed by atoms with E-state index in [1.165, 1.54) is 11.6 Å². The number of rotatable bonds is 6. The molecule has 1 aromatic rings. The van der Waals surface area contributed by atoms with Gasteiger partial charge >= 0.3 is 5.97 Å². The van der Waals surface area contributed by atoms with Gasteiger partial charge in [-0.2, -0.15) is 0 Å². The minimum absolute atomic E-state index is 0.117. The quantitative estimate of drug-likeness (QED) is 0.544. The topological polar surface area (TPSA) is 115 Å². The number of nitrogens with zero attached hydrogens (tertiary/aromatic N) is 3. The summed E-state index contributed by atoms with van der Waals surface area (Å²) in [4.78, 5) is 34.1. The van der Waals surface area contributed by atoms with Crippen molar-refractivity contribution in [2.24, 2.45) is 0 Å². The summed E-state index contributed by atoms with van der Waals surface area (Å²) in [5.74, 6) is -1.42. The summed E-state index contributed by atoms with van der Waals surface area (Å²) in [5, 5.41) is 7.57. The van der Waals surface area contributed by atoms with Crippen molar-refractivity contribution < 1.29 is 19.1 Å². The van der Waals surface area contributed by atoms with Crippen molar-refractivity contribution >= 4 is 17.8 Å². The van der Waals surface area contributed by atoms with Crippen molar-refractivity contribution in [3.05, 3.63) is 11.4 Å². The van der Waals surface area contributed by atoms with Gasteiger partial charge in [-0.15, -0.1) is 5.10 Å². The lowest BCUT2D eigenvalue weighted by Crippen LogP contribution is -2.42. The van der Waals surface area contributed by atoms with E-state index in [2.05, 4.69) is 21.2 Å². The fraction of sp³-hybridized carbons (Fsp3) is 0.583. The molecule has 0 aliphatic rings. The van der Waals surface area contributed by atoms with E-state index in [0.29, 0.717) is 12.1 Å². The molecule has 21 heavy (non-hydrogen) atoms. The first-order valence-corrected chi connectivity index (χ1v) is 6.64. The lowest BCUT2D eigenvalue weighted by molar-refractivity contribution is -0.128. The van der Waals surface area contributed by atoms with Gasteiger partial charge in [-0.25, -0.2) is 9.48 Å². The lowest BCUT2D eigenvalue weighted by Gasteiger charge is -2.08. The first-order valence-electron chi connectivity index (χ1n) is 6.64. The molecule has 0 spiro atoms. The Bertz CT molecular complexity index is 526. The van der Waals surface area contributed by atoms with Crippen molar-refractivity contribution in [2.45, 2.75) is 40.2 Å². The molecule has 1 aromatic heterocycles. The van der Waals surface area contributed by atoms with Gasteiger partial charge in [0.1, 0.15) is 6.54 Å². The molecule has 0 aliphatic carbocycles. The summed E-state index contributed by atoms with van der Waals surface area (Å²) in [5.41, 5.74) is 5.05. The zero-order valence-corrected chi connectivity index (χ0v) is 12.3. The van der Waals surface area contributed by atoms with E-state index < -0.39 is 11.9 Å². The molecule has 0 saturated carbocycles. The van der Waals surface area contributed by atoms with Crippen LogP contribution in [0.1, 0.15) is 43.4 Å². The van der Waals surface area contributed by atoms with E-state index in [-0.39, 0.29) is 24.8 Å². The SMILES string of the molecule is CCCc1c(C(=O)OCC)nnn1CC(=O)NNC(C)=O. The Kier molecular flexibility index (Phi) is 6.31. The molecular weight excluding hydrogens is 278 g/mol. The van der Waals surface area contributed by atoms with Crippen molar-refractivity contribution in [2.75, 3.05) is 6.61 Å². The van der Waals surface area contributed by atoms with Crippen molar-refractivity contribution in [1.29, 1.82) is 0 Å². The minimum Gasteiger partial charge on any atom is -0.461 e. The second-order valence-corrected chi connectivity index (χ2v) is 4.24. The number of nitrogens with one attached hydrogen (secondary N) is 2. The largest absolute Gasteiger partial charge is 0.461 e. The smallest absolute Gasteiger partial charge is 0.360 e. The predicted octanol–water partition coefficient (Wildman–Crippen LogP) is -0.425. The molecule has 9 nitrogen and oxygen atoms in total. The number of aromatic nitrogens is 3. The van der Waals surface area contributed by atoms with E-state index in [0.717, 1.165) is 6.42 Å². The Hall–Kier alpha value is -2.45.